The van der Waals surface area contributed by atoms with Crippen molar-refractivity contribution in [3.63, 3.8) is 0 Å². The molecule has 114 valence electrons. The Kier molecular flexibility index (Phi) is 6.85. The third kappa shape index (κ3) is 4.40. The number of hydrogen-bond acceptors (Lipinski definition) is 5. The van der Waals surface area contributed by atoms with Gasteiger partial charge in [0.2, 0.25) is 0 Å². The standard InChI is InChI=1S/C14H23NO3S2/c1-4-9-20(17,18)14-8-6-5-7-12(14)15-11(2)13(10-16)19-3/h5-8,11,13,15-16H,4,9-10H2,1-3H3. The maximum atomic E-state index is 12.2. The molecule has 0 aliphatic heterocycles. The minimum absolute atomic E-state index is 0.0204. The molecular formula is C14H23NO3S2. The quantitative estimate of drug-likeness (QED) is 0.770. The van der Waals surface area contributed by atoms with E-state index in [2.05, 4.69) is 5.32 Å². The van der Waals surface area contributed by atoms with E-state index in [1.165, 1.54) is 0 Å². The summed E-state index contributed by atoms with van der Waals surface area (Å²) in [6, 6.07) is 6.93. The summed E-state index contributed by atoms with van der Waals surface area (Å²) in [6.45, 7) is 3.85. The van der Waals surface area contributed by atoms with E-state index < -0.39 is 9.84 Å². The van der Waals surface area contributed by atoms with Crippen LogP contribution in [0.15, 0.2) is 29.2 Å². The average molecular weight is 317 g/mol. The van der Waals surface area contributed by atoms with Crippen molar-refractivity contribution in [3.8, 4) is 0 Å². The Hall–Kier alpha value is -0.720. The fraction of sp³-hybridized carbons (Fsp3) is 0.571. The van der Waals surface area contributed by atoms with Gasteiger partial charge in [-0.3, -0.25) is 0 Å². The van der Waals surface area contributed by atoms with Gasteiger partial charge >= 0.3 is 0 Å². The van der Waals surface area contributed by atoms with Crippen molar-refractivity contribution >= 4 is 27.3 Å². The lowest BCUT2D eigenvalue weighted by atomic mass is 10.2. The van der Waals surface area contributed by atoms with Crippen LogP contribution < -0.4 is 5.32 Å². The van der Waals surface area contributed by atoms with Gasteiger partial charge < -0.3 is 10.4 Å². The van der Waals surface area contributed by atoms with E-state index in [4.69, 9.17) is 0 Å². The van der Waals surface area contributed by atoms with Gasteiger partial charge in [0, 0.05) is 11.3 Å². The smallest absolute Gasteiger partial charge is 0.180 e. The zero-order valence-corrected chi connectivity index (χ0v) is 13.8. The summed E-state index contributed by atoms with van der Waals surface area (Å²) in [5, 5.41) is 12.6. The highest BCUT2D eigenvalue weighted by Crippen LogP contribution is 2.25. The molecule has 2 unspecified atom stereocenters. The van der Waals surface area contributed by atoms with Crippen LogP contribution in [0.2, 0.25) is 0 Å². The molecule has 0 spiro atoms. The predicted molar refractivity (Wildman–Crippen MR) is 86.3 cm³/mol. The number of para-hydroxylation sites is 1. The maximum Gasteiger partial charge on any atom is 0.180 e. The topological polar surface area (TPSA) is 66.4 Å². The van der Waals surface area contributed by atoms with Crippen molar-refractivity contribution < 1.29 is 13.5 Å². The molecular weight excluding hydrogens is 294 g/mol. The van der Waals surface area contributed by atoms with Crippen molar-refractivity contribution in [1.29, 1.82) is 0 Å². The van der Waals surface area contributed by atoms with Crippen molar-refractivity contribution in [2.24, 2.45) is 0 Å². The van der Waals surface area contributed by atoms with E-state index in [1.54, 1.807) is 30.0 Å². The number of nitrogens with one attached hydrogen (secondary N) is 1. The minimum Gasteiger partial charge on any atom is -0.395 e. The largest absolute Gasteiger partial charge is 0.395 e. The molecule has 1 aromatic carbocycles. The Balaban J connectivity index is 3.02. The molecule has 0 saturated heterocycles. The monoisotopic (exact) mass is 317 g/mol. The number of sulfone groups is 1. The average Bonchev–Trinajstić information content (AvgIpc) is 2.40. The van der Waals surface area contributed by atoms with Crippen molar-refractivity contribution in [1.82, 2.24) is 0 Å². The normalized spacial score (nSPS) is 14.8. The lowest BCUT2D eigenvalue weighted by Crippen LogP contribution is -2.31. The van der Waals surface area contributed by atoms with Gasteiger partial charge in [-0.05, 0) is 31.7 Å². The zero-order valence-electron chi connectivity index (χ0n) is 12.2. The van der Waals surface area contributed by atoms with E-state index in [-0.39, 0.29) is 23.7 Å². The summed E-state index contributed by atoms with van der Waals surface area (Å²) in [5.41, 5.74) is 0.612. The molecule has 0 saturated carbocycles. The van der Waals surface area contributed by atoms with Crippen LogP contribution >= 0.6 is 11.8 Å². The number of anilines is 1. The maximum absolute atomic E-state index is 12.2. The van der Waals surface area contributed by atoms with Gasteiger partial charge in [0.25, 0.3) is 0 Å². The van der Waals surface area contributed by atoms with E-state index >= 15 is 0 Å². The van der Waals surface area contributed by atoms with E-state index in [0.29, 0.717) is 17.0 Å². The fourth-order valence-corrected chi connectivity index (χ4v) is 4.14. The third-order valence-corrected chi connectivity index (χ3v) is 6.25. The Morgan fingerprint density at radius 2 is 2.00 bits per heavy atom. The number of thioether (sulfide) groups is 1. The molecule has 0 aliphatic carbocycles. The second-order valence-electron chi connectivity index (χ2n) is 4.70. The first-order chi connectivity index (χ1) is 9.46. The van der Waals surface area contributed by atoms with Gasteiger partial charge in [0.05, 0.1) is 22.9 Å². The van der Waals surface area contributed by atoms with Crippen molar-refractivity contribution in [2.45, 2.75) is 36.5 Å². The van der Waals surface area contributed by atoms with Crippen LogP contribution in [-0.4, -0.2) is 43.4 Å². The van der Waals surface area contributed by atoms with E-state index in [1.807, 2.05) is 26.2 Å². The van der Waals surface area contributed by atoms with Gasteiger partial charge in [0.15, 0.2) is 9.84 Å². The number of rotatable bonds is 8. The van der Waals surface area contributed by atoms with Crippen LogP contribution in [0.3, 0.4) is 0 Å². The summed E-state index contributed by atoms with van der Waals surface area (Å²) >= 11 is 1.56. The lowest BCUT2D eigenvalue weighted by Gasteiger charge is -2.23. The molecule has 2 atom stereocenters. The molecule has 0 amide bonds. The Labute approximate surface area is 125 Å². The van der Waals surface area contributed by atoms with Crippen molar-refractivity contribution in [2.75, 3.05) is 23.9 Å². The minimum atomic E-state index is -3.26. The van der Waals surface area contributed by atoms with Crippen LogP contribution in [0.1, 0.15) is 20.3 Å². The SMILES string of the molecule is CCCS(=O)(=O)c1ccccc1NC(C)C(CO)SC. The Bertz CT molecular complexity index is 513. The molecule has 0 aromatic heterocycles. The van der Waals surface area contributed by atoms with Crippen LogP contribution in [0, 0.1) is 0 Å². The predicted octanol–water partition coefficient (Wildman–Crippen LogP) is 2.39. The first-order valence-electron chi connectivity index (χ1n) is 6.68. The van der Waals surface area contributed by atoms with Gasteiger partial charge in [0.1, 0.15) is 0 Å². The van der Waals surface area contributed by atoms with Crippen LogP contribution in [-0.2, 0) is 9.84 Å². The molecule has 1 rings (SSSR count). The third-order valence-electron chi connectivity index (χ3n) is 3.12. The highest BCUT2D eigenvalue weighted by atomic mass is 32.2. The first-order valence-corrected chi connectivity index (χ1v) is 9.62. The molecule has 0 fully saturated rings. The molecule has 1 aromatic rings. The Morgan fingerprint density at radius 1 is 1.35 bits per heavy atom. The van der Waals surface area contributed by atoms with Crippen LogP contribution in [0.5, 0.6) is 0 Å². The fourth-order valence-electron chi connectivity index (χ4n) is 2.01. The molecule has 0 heterocycles. The van der Waals surface area contributed by atoms with Crippen LogP contribution in [0.4, 0.5) is 5.69 Å². The summed E-state index contributed by atoms with van der Waals surface area (Å²) < 4.78 is 24.5. The molecule has 6 heteroatoms. The van der Waals surface area contributed by atoms with Crippen LogP contribution in [0.25, 0.3) is 0 Å². The molecule has 0 bridgehead atoms. The number of aliphatic hydroxyl groups is 1. The summed E-state index contributed by atoms with van der Waals surface area (Å²) in [6.07, 6.45) is 2.52. The van der Waals surface area contributed by atoms with E-state index in [0.717, 1.165) is 0 Å². The number of benzene rings is 1. The van der Waals surface area contributed by atoms with Gasteiger partial charge in [-0.25, -0.2) is 8.42 Å². The van der Waals surface area contributed by atoms with Crippen molar-refractivity contribution in [3.05, 3.63) is 24.3 Å². The summed E-state index contributed by atoms with van der Waals surface area (Å²) in [7, 11) is -3.26. The van der Waals surface area contributed by atoms with Gasteiger partial charge in [-0.2, -0.15) is 11.8 Å². The van der Waals surface area contributed by atoms with Gasteiger partial charge in [-0.1, -0.05) is 19.1 Å². The highest BCUT2D eigenvalue weighted by molar-refractivity contribution is 7.99. The second kappa shape index (κ2) is 7.90. The molecule has 2 N–H and O–H groups in total. The number of hydrogen-bond donors (Lipinski definition) is 2. The molecule has 20 heavy (non-hydrogen) atoms. The summed E-state index contributed by atoms with van der Waals surface area (Å²) in [4.78, 5) is 0.339. The lowest BCUT2D eigenvalue weighted by molar-refractivity contribution is 0.288. The highest BCUT2D eigenvalue weighted by Gasteiger charge is 2.21. The van der Waals surface area contributed by atoms with E-state index in [9.17, 15) is 13.5 Å². The zero-order chi connectivity index (χ0) is 15.2. The first kappa shape index (κ1) is 17.3. The molecule has 0 radical (unpaired) electrons. The summed E-state index contributed by atoms with van der Waals surface area (Å²) in [5.74, 6) is 0.145. The van der Waals surface area contributed by atoms with Gasteiger partial charge in [-0.15, -0.1) is 0 Å². The molecule has 4 nitrogen and oxygen atoms in total. The molecule has 0 aliphatic rings. The second-order valence-corrected chi connectivity index (χ2v) is 7.86. The number of aliphatic hydroxyl groups excluding tert-OH is 1. The Morgan fingerprint density at radius 3 is 2.55 bits per heavy atom.